The van der Waals surface area contributed by atoms with Crippen molar-refractivity contribution in [3.05, 3.63) is 95.2 Å². The maximum Gasteiger partial charge on any atom is 0.255 e. The predicted molar refractivity (Wildman–Crippen MR) is 112 cm³/mol. The summed E-state index contributed by atoms with van der Waals surface area (Å²) in [4.78, 5) is 19.1. The lowest BCUT2D eigenvalue weighted by Crippen LogP contribution is -2.35. The second-order valence-corrected chi connectivity index (χ2v) is 7.19. The van der Waals surface area contributed by atoms with Gasteiger partial charge in [-0.25, -0.2) is 4.98 Å². The molecule has 1 amide bonds. The van der Waals surface area contributed by atoms with Crippen LogP contribution in [0.15, 0.2) is 72.9 Å². The minimum atomic E-state index is 0.0534. The molecule has 0 saturated carbocycles. The Labute approximate surface area is 166 Å². The number of hydrogen-bond acceptors (Lipinski definition) is 3. The van der Waals surface area contributed by atoms with Crippen LogP contribution in [0.4, 0.5) is 5.82 Å². The van der Waals surface area contributed by atoms with E-state index < -0.39 is 0 Å². The molecule has 0 saturated heterocycles. The SMILES string of the molecule is O=C(c1ccc(NCCCc2ccccc2)nc1)N1CCc2ccccc2C1. The zero-order valence-electron chi connectivity index (χ0n) is 16.0. The number of pyridine rings is 1. The molecule has 0 bridgehead atoms. The highest BCUT2D eigenvalue weighted by Gasteiger charge is 2.21. The molecule has 0 atom stereocenters. The van der Waals surface area contributed by atoms with Crippen LogP contribution < -0.4 is 5.32 Å². The quantitative estimate of drug-likeness (QED) is 0.656. The Morgan fingerprint density at radius 1 is 0.964 bits per heavy atom. The Kier molecular flexibility index (Phi) is 5.66. The molecule has 2 aromatic carbocycles. The molecule has 1 N–H and O–H groups in total. The topological polar surface area (TPSA) is 45.2 Å². The molecular weight excluding hydrogens is 346 g/mol. The van der Waals surface area contributed by atoms with Gasteiger partial charge >= 0.3 is 0 Å². The van der Waals surface area contributed by atoms with Gasteiger partial charge < -0.3 is 10.2 Å². The smallest absolute Gasteiger partial charge is 0.255 e. The first kappa shape index (κ1) is 18.2. The highest BCUT2D eigenvalue weighted by Crippen LogP contribution is 2.20. The first-order chi connectivity index (χ1) is 13.8. The molecule has 2 heterocycles. The standard InChI is InChI=1S/C24H25N3O/c28-24(27-16-14-20-10-4-5-11-22(20)18-27)21-12-13-23(26-17-21)25-15-6-9-19-7-2-1-3-8-19/h1-5,7-8,10-13,17H,6,9,14-16,18H2,(H,25,26). The van der Waals surface area contributed by atoms with Gasteiger partial charge in [0.1, 0.15) is 5.82 Å². The minimum absolute atomic E-state index is 0.0534. The number of anilines is 1. The van der Waals surface area contributed by atoms with E-state index in [2.05, 4.69) is 52.8 Å². The summed E-state index contributed by atoms with van der Waals surface area (Å²) in [7, 11) is 0. The third-order valence-corrected chi connectivity index (χ3v) is 5.22. The summed E-state index contributed by atoms with van der Waals surface area (Å²) in [5.41, 5.74) is 4.59. The number of carbonyl (C=O) groups excluding carboxylic acids is 1. The molecule has 0 unspecified atom stereocenters. The van der Waals surface area contributed by atoms with Crippen molar-refractivity contribution in [3.63, 3.8) is 0 Å². The Bertz CT molecular complexity index is 922. The molecule has 0 fully saturated rings. The van der Waals surface area contributed by atoms with Crippen LogP contribution in [-0.2, 0) is 19.4 Å². The lowest BCUT2D eigenvalue weighted by Gasteiger charge is -2.28. The molecule has 1 aliphatic rings. The Morgan fingerprint density at radius 3 is 2.54 bits per heavy atom. The number of fused-ring (bicyclic) bond motifs is 1. The van der Waals surface area contributed by atoms with Gasteiger partial charge in [0.05, 0.1) is 5.56 Å². The molecular formula is C24H25N3O. The van der Waals surface area contributed by atoms with E-state index in [1.54, 1.807) is 6.20 Å². The second-order valence-electron chi connectivity index (χ2n) is 7.19. The number of aromatic nitrogens is 1. The average molecular weight is 371 g/mol. The number of aryl methyl sites for hydroxylation is 1. The number of hydrogen-bond donors (Lipinski definition) is 1. The summed E-state index contributed by atoms with van der Waals surface area (Å²) in [5, 5.41) is 3.34. The molecule has 4 nitrogen and oxygen atoms in total. The molecule has 28 heavy (non-hydrogen) atoms. The van der Waals surface area contributed by atoms with Gasteiger partial charge in [0.25, 0.3) is 5.91 Å². The number of amides is 1. The van der Waals surface area contributed by atoms with E-state index in [0.29, 0.717) is 12.1 Å². The summed E-state index contributed by atoms with van der Waals surface area (Å²) in [6, 6.07) is 22.6. The van der Waals surface area contributed by atoms with E-state index >= 15 is 0 Å². The van der Waals surface area contributed by atoms with E-state index in [9.17, 15) is 4.79 Å². The molecule has 0 radical (unpaired) electrons. The van der Waals surface area contributed by atoms with Gasteiger partial charge in [0.2, 0.25) is 0 Å². The molecule has 1 aromatic heterocycles. The van der Waals surface area contributed by atoms with E-state index in [1.165, 1.54) is 16.7 Å². The number of rotatable bonds is 6. The Hall–Kier alpha value is -3.14. The molecule has 1 aliphatic heterocycles. The van der Waals surface area contributed by atoms with Crippen LogP contribution in [0.3, 0.4) is 0 Å². The van der Waals surface area contributed by atoms with Gasteiger partial charge in [-0.1, -0.05) is 54.6 Å². The van der Waals surface area contributed by atoms with Gasteiger partial charge in [0, 0.05) is 25.8 Å². The fraction of sp³-hybridized carbons (Fsp3) is 0.250. The van der Waals surface area contributed by atoms with Gasteiger partial charge in [-0.3, -0.25) is 4.79 Å². The molecule has 3 aromatic rings. The minimum Gasteiger partial charge on any atom is -0.370 e. The fourth-order valence-corrected chi connectivity index (χ4v) is 3.63. The first-order valence-electron chi connectivity index (χ1n) is 9.89. The van der Waals surface area contributed by atoms with Crippen molar-refractivity contribution < 1.29 is 4.79 Å². The van der Waals surface area contributed by atoms with Crippen molar-refractivity contribution in [1.82, 2.24) is 9.88 Å². The molecule has 0 spiro atoms. The lowest BCUT2D eigenvalue weighted by atomic mass is 9.99. The summed E-state index contributed by atoms with van der Waals surface area (Å²) in [5.74, 6) is 0.867. The largest absolute Gasteiger partial charge is 0.370 e. The molecule has 142 valence electrons. The number of nitrogens with one attached hydrogen (secondary N) is 1. The van der Waals surface area contributed by atoms with Gasteiger partial charge in [-0.05, 0) is 48.1 Å². The molecule has 4 heteroatoms. The highest BCUT2D eigenvalue weighted by atomic mass is 16.2. The van der Waals surface area contributed by atoms with Gasteiger partial charge in [0.15, 0.2) is 0 Å². The van der Waals surface area contributed by atoms with Crippen molar-refractivity contribution in [2.45, 2.75) is 25.8 Å². The molecule has 0 aliphatic carbocycles. The maximum atomic E-state index is 12.8. The van der Waals surface area contributed by atoms with Crippen LogP contribution in [0.25, 0.3) is 0 Å². The van der Waals surface area contributed by atoms with Gasteiger partial charge in [-0.2, -0.15) is 0 Å². The van der Waals surface area contributed by atoms with Crippen LogP contribution in [0.5, 0.6) is 0 Å². The van der Waals surface area contributed by atoms with Crippen LogP contribution in [0.1, 0.15) is 33.5 Å². The summed E-state index contributed by atoms with van der Waals surface area (Å²) < 4.78 is 0. The van der Waals surface area contributed by atoms with E-state index in [0.717, 1.165) is 38.2 Å². The first-order valence-corrected chi connectivity index (χ1v) is 9.89. The molecule has 4 rings (SSSR count). The predicted octanol–water partition coefficient (Wildman–Crippen LogP) is 4.32. The van der Waals surface area contributed by atoms with Gasteiger partial charge in [-0.15, -0.1) is 0 Å². The second kappa shape index (κ2) is 8.70. The van der Waals surface area contributed by atoms with Crippen molar-refractivity contribution >= 4 is 11.7 Å². The average Bonchev–Trinajstić information content (AvgIpc) is 2.77. The Balaban J connectivity index is 1.29. The number of nitrogens with zero attached hydrogens (tertiary/aromatic N) is 2. The third kappa shape index (κ3) is 4.39. The summed E-state index contributed by atoms with van der Waals surface area (Å²) in [6.07, 6.45) is 4.68. The highest BCUT2D eigenvalue weighted by molar-refractivity contribution is 5.94. The van der Waals surface area contributed by atoms with E-state index in [1.807, 2.05) is 29.2 Å². The maximum absolute atomic E-state index is 12.8. The number of carbonyl (C=O) groups is 1. The number of benzene rings is 2. The van der Waals surface area contributed by atoms with Crippen LogP contribution in [0, 0.1) is 0 Å². The monoisotopic (exact) mass is 371 g/mol. The van der Waals surface area contributed by atoms with Crippen LogP contribution in [-0.4, -0.2) is 28.9 Å². The van der Waals surface area contributed by atoms with E-state index in [4.69, 9.17) is 0 Å². The zero-order valence-corrected chi connectivity index (χ0v) is 16.0. The fourth-order valence-electron chi connectivity index (χ4n) is 3.63. The normalized spacial score (nSPS) is 13.1. The summed E-state index contributed by atoms with van der Waals surface area (Å²) >= 11 is 0. The van der Waals surface area contributed by atoms with Crippen LogP contribution in [0.2, 0.25) is 0 Å². The van der Waals surface area contributed by atoms with Crippen molar-refractivity contribution in [1.29, 1.82) is 0 Å². The van der Waals surface area contributed by atoms with E-state index in [-0.39, 0.29) is 5.91 Å². The summed E-state index contributed by atoms with van der Waals surface area (Å²) in [6.45, 7) is 2.29. The Morgan fingerprint density at radius 2 is 1.75 bits per heavy atom. The lowest BCUT2D eigenvalue weighted by molar-refractivity contribution is 0.0734. The van der Waals surface area contributed by atoms with Crippen molar-refractivity contribution in [3.8, 4) is 0 Å². The van der Waals surface area contributed by atoms with Crippen molar-refractivity contribution in [2.75, 3.05) is 18.4 Å². The zero-order chi connectivity index (χ0) is 19.2. The third-order valence-electron chi connectivity index (χ3n) is 5.22. The van der Waals surface area contributed by atoms with Crippen LogP contribution >= 0.6 is 0 Å². The van der Waals surface area contributed by atoms with Crippen molar-refractivity contribution in [2.24, 2.45) is 0 Å².